The number of phenols is 1. The van der Waals surface area contributed by atoms with Gasteiger partial charge in [0.05, 0.1) is 7.11 Å². The molecule has 41 heavy (non-hydrogen) atoms. The molecule has 3 saturated heterocycles. The highest BCUT2D eigenvalue weighted by atomic mass is 16.5. The summed E-state index contributed by atoms with van der Waals surface area (Å²) >= 11 is 0. The molecule has 2 atom stereocenters. The summed E-state index contributed by atoms with van der Waals surface area (Å²) in [7, 11) is 3.75. The molecule has 2 bridgehead atoms. The fraction of sp³-hybridized carbons (Fsp3) is 0.455. The summed E-state index contributed by atoms with van der Waals surface area (Å²) in [6.45, 7) is 5.71. The molecule has 0 radical (unpaired) electrons. The molecule has 0 aliphatic carbocycles. The highest BCUT2D eigenvalue weighted by Gasteiger charge is 2.36. The predicted octanol–water partition coefficient (Wildman–Crippen LogP) is 4.02. The van der Waals surface area contributed by atoms with Crippen LogP contribution in [-0.2, 0) is 13.0 Å². The van der Waals surface area contributed by atoms with Crippen molar-refractivity contribution < 1.29 is 9.84 Å². The van der Waals surface area contributed by atoms with E-state index in [2.05, 4.69) is 39.1 Å². The van der Waals surface area contributed by atoms with Gasteiger partial charge in [-0.15, -0.1) is 6.42 Å². The van der Waals surface area contributed by atoms with Crippen molar-refractivity contribution in [3.05, 3.63) is 52.6 Å². The minimum Gasteiger partial charge on any atom is -0.508 e. The topological polar surface area (TPSA) is 87.9 Å². The van der Waals surface area contributed by atoms with Crippen molar-refractivity contribution in [3.8, 4) is 30.0 Å². The highest BCUT2D eigenvalue weighted by Crippen LogP contribution is 2.40. The third kappa shape index (κ3) is 5.26. The van der Waals surface area contributed by atoms with Crippen LogP contribution in [0.25, 0.3) is 10.8 Å². The third-order valence-corrected chi connectivity index (χ3v) is 8.93. The first kappa shape index (κ1) is 27.2. The lowest BCUT2D eigenvalue weighted by atomic mass is 9.94. The van der Waals surface area contributed by atoms with Gasteiger partial charge >= 0.3 is 0 Å². The number of anilines is 2. The number of aromatic nitrogens is 1. The van der Waals surface area contributed by atoms with Crippen molar-refractivity contribution in [2.45, 2.75) is 50.7 Å². The van der Waals surface area contributed by atoms with Crippen molar-refractivity contribution in [2.75, 3.05) is 56.7 Å². The molecule has 2 unspecified atom stereocenters. The number of methoxy groups -OCH3 is 1. The van der Waals surface area contributed by atoms with Gasteiger partial charge in [-0.25, -0.2) is 0 Å². The van der Waals surface area contributed by atoms with Crippen molar-refractivity contribution in [3.63, 3.8) is 0 Å². The number of terminal acetylenes is 1. The monoisotopic (exact) mass is 550 g/mol. The molecule has 3 fully saturated rings. The number of phenolic OH excluding ortho intramolecular Hbond substituents is 1. The predicted molar refractivity (Wildman–Crippen MR) is 163 cm³/mol. The standard InChI is InChI=1S/C28H27N5O2.C5H11N/c1-3-17-5-4-6-18-11-21(34)12-25(26(17)18)32-10-9-22-24(16-32)23(13-29)28(35-2)31-27(22)33-14-19-7-8-20(15-33)30-19;1-6-4-2-3-5-6/h1,4-6,11-12,19-20,30,34H,7-10,14-16H2,2H3;2-5H2,1H3. The van der Waals surface area contributed by atoms with Gasteiger partial charge in [-0.1, -0.05) is 18.1 Å². The molecule has 0 saturated carbocycles. The molecular weight excluding hydrogens is 512 g/mol. The summed E-state index contributed by atoms with van der Waals surface area (Å²) < 4.78 is 5.61. The number of nitrogens with one attached hydrogen (secondary N) is 1. The summed E-state index contributed by atoms with van der Waals surface area (Å²) in [5.41, 5.74) is 4.21. The number of fused-ring (bicyclic) bond motifs is 4. The Morgan fingerprint density at radius 3 is 2.46 bits per heavy atom. The molecule has 8 heteroatoms. The first-order valence-corrected chi connectivity index (χ1v) is 14.7. The van der Waals surface area contributed by atoms with Gasteiger partial charge in [0.25, 0.3) is 0 Å². The first-order valence-electron chi connectivity index (χ1n) is 14.7. The highest BCUT2D eigenvalue weighted by molar-refractivity contribution is 6.00. The van der Waals surface area contributed by atoms with Crippen molar-refractivity contribution in [1.82, 2.24) is 15.2 Å². The van der Waals surface area contributed by atoms with Crippen LogP contribution in [-0.4, -0.2) is 74.0 Å². The van der Waals surface area contributed by atoms with Gasteiger partial charge in [0.15, 0.2) is 0 Å². The zero-order chi connectivity index (χ0) is 28.5. The van der Waals surface area contributed by atoms with E-state index in [0.717, 1.165) is 65.0 Å². The smallest absolute Gasteiger partial charge is 0.233 e. The van der Waals surface area contributed by atoms with E-state index in [9.17, 15) is 10.4 Å². The number of hydrogen-bond donors (Lipinski definition) is 2. The molecule has 8 nitrogen and oxygen atoms in total. The molecule has 2 N–H and O–H groups in total. The van der Waals surface area contributed by atoms with E-state index in [1.807, 2.05) is 18.2 Å². The van der Waals surface area contributed by atoms with Crippen LogP contribution >= 0.6 is 0 Å². The summed E-state index contributed by atoms with van der Waals surface area (Å²) in [6, 6.07) is 12.6. The average Bonchev–Trinajstić information content (AvgIpc) is 3.62. The number of rotatable bonds is 3. The van der Waals surface area contributed by atoms with Gasteiger partial charge in [0, 0.05) is 72.1 Å². The molecule has 2 aromatic carbocycles. The van der Waals surface area contributed by atoms with Crippen LogP contribution in [0.2, 0.25) is 0 Å². The van der Waals surface area contributed by atoms with Crippen LogP contribution in [0.1, 0.15) is 47.9 Å². The molecule has 1 aromatic heterocycles. The van der Waals surface area contributed by atoms with Crippen LogP contribution in [0.15, 0.2) is 30.3 Å². The van der Waals surface area contributed by atoms with Crippen molar-refractivity contribution >= 4 is 22.3 Å². The molecule has 212 valence electrons. The zero-order valence-electron chi connectivity index (χ0n) is 24.0. The molecule has 4 aliphatic rings. The number of aromatic hydroxyl groups is 1. The quantitative estimate of drug-likeness (QED) is 0.473. The lowest BCUT2D eigenvalue weighted by Gasteiger charge is -2.38. The number of nitriles is 1. The van der Waals surface area contributed by atoms with E-state index in [0.29, 0.717) is 30.1 Å². The molecule has 7 rings (SSSR count). The lowest BCUT2D eigenvalue weighted by molar-refractivity contribution is 0.393. The second-order valence-corrected chi connectivity index (χ2v) is 11.6. The van der Waals surface area contributed by atoms with Crippen molar-refractivity contribution in [1.29, 1.82) is 5.26 Å². The van der Waals surface area contributed by atoms with Crippen molar-refractivity contribution in [2.24, 2.45) is 0 Å². The minimum absolute atomic E-state index is 0.192. The molecule has 5 heterocycles. The fourth-order valence-corrected chi connectivity index (χ4v) is 6.92. The van der Waals surface area contributed by atoms with Gasteiger partial charge in [0.2, 0.25) is 5.88 Å². The Morgan fingerprint density at radius 1 is 1.07 bits per heavy atom. The zero-order valence-corrected chi connectivity index (χ0v) is 24.0. The number of likely N-dealkylation sites (tertiary alicyclic amines) is 1. The summed E-state index contributed by atoms with van der Waals surface area (Å²) in [4.78, 5) is 11.8. The largest absolute Gasteiger partial charge is 0.508 e. The first-order chi connectivity index (χ1) is 20.0. The van der Waals surface area contributed by atoms with Gasteiger partial charge < -0.3 is 29.9 Å². The fourth-order valence-electron chi connectivity index (χ4n) is 6.92. The molecule has 4 aliphatic heterocycles. The molecule has 3 aromatic rings. The number of piperazine rings is 1. The maximum Gasteiger partial charge on any atom is 0.233 e. The van der Waals surface area contributed by atoms with E-state index in [-0.39, 0.29) is 5.75 Å². The van der Waals surface area contributed by atoms with Crippen LogP contribution in [0.3, 0.4) is 0 Å². The molecule has 0 spiro atoms. The van der Waals surface area contributed by atoms with Gasteiger partial charge in [0.1, 0.15) is 23.2 Å². The van der Waals surface area contributed by atoms with Gasteiger partial charge in [-0.05, 0) is 69.8 Å². The molecule has 0 amide bonds. The van der Waals surface area contributed by atoms with Gasteiger partial charge in [-0.3, -0.25) is 0 Å². The Bertz CT molecular complexity index is 1520. The molecular formula is C33H38N6O2. The summed E-state index contributed by atoms with van der Waals surface area (Å²) in [5.74, 6) is 4.30. The summed E-state index contributed by atoms with van der Waals surface area (Å²) in [6.07, 6.45) is 11.8. The summed E-state index contributed by atoms with van der Waals surface area (Å²) in [5, 5.41) is 26.1. The van der Waals surface area contributed by atoms with E-state index >= 15 is 0 Å². The van der Waals surface area contributed by atoms with E-state index in [1.54, 1.807) is 19.2 Å². The maximum atomic E-state index is 10.5. The Hall–Kier alpha value is -3.98. The average molecular weight is 551 g/mol. The lowest BCUT2D eigenvalue weighted by Crippen LogP contribution is -2.52. The van der Waals surface area contributed by atoms with E-state index < -0.39 is 0 Å². The third-order valence-electron chi connectivity index (χ3n) is 8.93. The number of pyridine rings is 1. The number of benzene rings is 2. The number of nitrogens with zero attached hydrogens (tertiary/aromatic N) is 5. The van der Waals surface area contributed by atoms with Crippen LogP contribution in [0, 0.1) is 23.7 Å². The number of hydrogen-bond acceptors (Lipinski definition) is 8. The normalized spacial score (nSPS) is 21.6. The second-order valence-electron chi connectivity index (χ2n) is 11.6. The Morgan fingerprint density at radius 2 is 1.83 bits per heavy atom. The number of ether oxygens (including phenoxy) is 1. The van der Waals surface area contributed by atoms with Crippen LogP contribution < -0.4 is 19.9 Å². The van der Waals surface area contributed by atoms with Crippen LogP contribution in [0.4, 0.5) is 11.5 Å². The minimum atomic E-state index is 0.192. The van der Waals surface area contributed by atoms with E-state index in [1.165, 1.54) is 38.8 Å². The SMILES string of the molecule is C#Cc1cccc2cc(O)cc(N3CCc4c(N5CC6CCC(C5)N6)nc(OC)c(C#N)c4C3)c12.CN1CCCC1. The Labute approximate surface area is 242 Å². The second kappa shape index (κ2) is 11.5. The van der Waals surface area contributed by atoms with Crippen LogP contribution in [0.5, 0.6) is 11.6 Å². The Kier molecular flexibility index (Phi) is 7.62. The Balaban J connectivity index is 0.000000449. The van der Waals surface area contributed by atoms with Gasteiger partial charge in [-0.2, -0.15) is 10.2 Å². The van der Waals surface area contributed by atoms with E-state index in [4.69, 9.17) is 16.1 Å². The maximum absolute atomic E-state index is 10.5.